The summed E-state index contributed by atoms with van der Waals surface area (Å²) >= 11 is 0. The zero-order valence-corrected chi connectivity index (χ0v) is 20.4. The Labute approximate surface area is 205 Å². The Morgan fingerprint density at radius 2 is 1.71 bits per heavy atom. The number of carbonyl (C=O) groups is 2. The normalized spacial score (nSPS) is 25.5. The van der Waals surface area contributed by atoms with Crippen molar-refractivity contribution in [3.8, 4) is 5.75 Å². The molecule has 2 amide bonds. The number of likely N-dealkylation sites (tertiary alicyclic amines) is 2. The Hall–Kier alpha value is -3.26. The quantitative estimate of drug-likeness (QED) is 0.585. The number of fused-ring (bicyclic) bond motifs is 2. The maximum atomic E-state index is 13.5. The fraction of sp³-hybridized carbons (Fsp3) is 0.481. The largest absolute Gasteiger partial charge is 0.490 e. The standard InChI is InChI=1S/C27H33N5O3/c1-16(2)35-25-11-19(9-17-5-3-4-6-22(17)25)27(34)32-14-20-12-31(13-21(20)15-32)26(33)18-7-8-23-24(10-18)29-30-28-23/h3-6,9,11,16,18,20-21,28-30H,7-8,10,12-15H2,1-2H3/p+1. The molecule has 0 saturated carbocycles. The molecule has 3 unspecified atom stereocenters. The van der Waals surface area contributed by atoms with Gasteiger partial charge in [-0.1, -0.05) is 24.3 Å². The van der Waals surface area contributed by atoms with Crippen LogP contribution in [0.4, 0.5) is 0 Å². The third-order valence-electron chi connectivity index (χ3n) is 7.92. The van der Waals surface area contributed by atoms with Gasteiger partial charge in [0.2, 0.25) is 5.91 Å². The summed E-state index contributed by atoms with van der Waals surface area (Å²) in [5.74, 6) is 1.86. The van der Waals surface area contributed by atoms with E-state index >= 15 is 0 Å². The van der Waals surface area contributed by atoms with Crippen molar-refractivity contribution in [3.63, 3.8) is 0 Å². The first-order valence-electron chi connectivity index (χ1n) is 12.8. The molecule has 4 N–H and O–H groups in total. The molecule has 8 heteroatoms. The van der Waals surface area contributed by atoms with Crippen molar-refractivity contribution in [2.24, 2.45) is 17.8 Å². The van der Waals surface area contributed by atoms with Crippen LogP contribution in [0.1, 0.15) is 43.5 Å². The lowest BCUT2D eigenvalue weighted by Gasteiger charge is -2.27. The molecule has 2 aromatic rings. The van der Waals surface area contributed by atoms with Crippen molar-refractivity contribution >= 4 is 22.6 Å². The van der Waals surface area contributed by atoms with Gasteiger partial charge < -0.3 is 14.5 Å². The van der Waals surface area contributed by atoms with E-state index in [0.29, 0.717) is 30.5 Å². The molecule has 184 valence electrons. The molecule has 2 fully saturated rings. The Bertz CT molecular complexity index is 1190. The Kier molecular flexibility index (Phi) is 5.56. The molecule has 8 nitrogen and oxygen atoms in total. The van der Waals surface area contributed by atoms with Gasteiger partial charge in [0.25, 0.3) is 5.91 Å². The first-order chi connectivity index (χ1) is 17.0. The Morgan fingerprint density at radius 1 is 1.00 bits per heavy atom. The monoisotopic (exact) mass is 476 g/mol. The topological polar surface area (TPSA) is 90.5 Å². The maximum absolute atomic E-state index is 13.5. The fourth-order valence-corrected chi connectivity index (χ4v) is 6.20. The molecular weight excluding hydrogens is 442 g/mol. The number of hydrogen-bond donors (Lipinski definition) is 3. The molecule has 3 heterocycles. The number of hydrogen-bond acceptors (Lipinski definition) is 5. The summed E-state index contributed by atoms with van der Waals surface area (Å²) in [7, 11) is 0. The summed E-state index contributed by atoms with van der Waals surface area (Å²) in [5.41, 5.74) is 11.4. The third-order valence-corrected chi connectivity index (χ3v) is 7.92. The van der Waals surface area contributed by atoms with Crippen LogP contribution in [0.2, 0.25) is 0 Å². The number of amides is 2. The predicted octanol–water partition coefficient (Wildman–Crippen LogP) is 1.76. The molecule has 2 aromatic carbocycles. The van der Waals surface area contributed by atoms with Crippen LogP contribution >= 0.6 is 0 Å². The number of benzene rings is 2. The van der Waals surface area contributed by atoms with Gasteiger partial charge in [-0.15, -0.1) is 0 Å². The second-order valence-electron chi connectivity index (χ2n) is 10.7. The highest BCUT2D eigenvalue weighted by molar-refractivity contribution is 6.01. The highest BCUT2D eigenvalue weighted by Gasteiger charge is 2.45. The van der Waals surface area contributed by atoms with E-state index in [4.69, 9.17) is 4.74 Å². The van der Waals surface area contributed by atoms with Crippen LogP contribution in [-0.2, 0) is 4.79 Å². The van der Waals surface area contributed by atoms with Crippen molar-refractivity contribution in [2.45, 2.75) is 39.2 Å². The van der Waals surface area contributed by atoms with Crippen LogP contribution in [0.5, 0.6) is 5.75 Å². The minimum absolute atomic E-state index is 0.0318. The third kappa shape index (κ3) is 4.10. The molecule has 0 radical (unpaired) electrons. The lowest BCUT2D eigenvalue weighted by atomic mass is 9.89. The fourth-order valence-electron chi connectivity index (χ4n) is 6.20. The van der Waals surface area contributed by atoms with Crippen molar-refractivity contribution in [1.29, 1.82) is 0 Å². The van der Waals surface area contributed by atoms with Crippen LogP contribution in [-0.4, -0.2) is 53.9 Å². The Balaban J connectivity index is 1.12. The molecule has 4 aliphatic rings. The predicted molar refractivity (Wildman–Crippen MR) is 132 cm³/mol. The van der Waals surface area contributed by atoms with Crippen LogP contribution in [0.3, 0.4) is 0 Å². The zero-order chi connectivity index (χ0) is 24.1. The van der Waals surface area contributed by atoms with Gasteiger partial charge in [-0.25, -0.2) is 10.9 Å². The van der Waals surface area contributed by atoms with Crippen LogP contribution < -0.4 is 21.1 Å². The Morgan fingerprint density at radius 3 is 2.49 bits per heavy atom. The second kappa shape index (κ2) is 8.75. The van der Waals surface area contributed by atoms with Gasteiger partial charge in [-0.3, -0.25) is 9.59 Å². The summed E-state index contributed by atoms with van der Waals surface area (Å²) < 4.78 is 6.05. The smallest absolute Gasteiger partial charge is 0.254 e. The molecule has 35 heavy (non-hydrogen) atoms. The van der Waals surface area contributed by atoms with Gasteiger partial charge in [-0.05, 0) is 44.2 Å². The number of allylic oxidation sites excluding steroid dienone is 2. The van der Waals surface area contributed by atoms with Crippen LogP contribution in [0.25, 0.3) is 10.8 Å². The number of carbonyl (C=O) groups excluding carboxylic acids is 2. The van der Waals surface area contributed by atoms with Gasteiger partial charge in [0.05, 0.1) is 17.5 Å². The lowest BCUT2D eigenvalue weighted by Crippen LogP contribution is -2.97. The number of rotatable bonds is 4. The van der Waals surface area contributed by atoms with Crippen molar-refractivity contribution < 1.29 is 19.9 Å². The summed E-state index contributed by atoms with van der Waals surface area (Å²) in [6.45, 7) is 6.93. The van der Waals surface area contributed by atoms with E-state index in [0.717, 1.165) is 48.9 Å². The van der Waals surface area contributed by atoms with E-state index in [-0.39, 0.29) is 23.8 Å². The second-order valence-corrected chi connectivity index (χ2v) is 10.7. The van der Waals surface area contributed by atoms with E-state index in [1.54, 1.807) is 0 Å². The van der Waals surface area contributed by atoms with Crippen molar-refractivity contribution in [1.82, 2.24) is 20.7 Å². The average molecular weight is 477 g/mol. The number of quaternary nitrogens is 1. The van der Waals surface area contributed by atoms with Crippen LogP contribution in [0, 0.1) is 17.8 Å². The van der Waals surface area contributed by atoms with Crippen molar-refractivity contribution in [2.75, 3.05) is 26.2 Å². The van der Waals surface area contributed by atoms with Gasteiger partial charge in [0, 0.05) is 61.3 Å². The number of nitrogens with two attached hydrogens (primary N) is 1. The zero-order valence-electron chi connectivity index (χ0n) is 20.4. The highest BCUT2D eigenvalue weighted by Crippen LogP contribution is 2.36. The molecule has 0 aromatic heterocycles. The molecule has 1 aliphatic carbocycles. The molecule has 3 atom stereocenters. The number of nitrogens with zero attached hydrogens (tertiary/aromatic N) is 2. The minimum Gasteiger partial charge on any atom is -0.490 e. The number of ether oxygens (including phenoxy) is 1. The molecular formula is C27H34N5O3+. The lowest BCUT2D eigenvalue weighted by molar-refractivity contribution is -0.741. The van der Waals surface area contributed by atoms with E-state index in [1.165, 1.54) is 11.4 Å². The molecule has 0 bridgehead atoms. The van der Waals surface area contributed by atoms with Gasteiger partial charge in [-0.2, -0.15) is 5.53 Å². The molecule has 0 spiro atoms. The molecule has 6 rings (SSSR count). The molecule has 2 saturated heterocycles. The number of nitrogens with one attached hydrogen (secondary N) is 2. The summed E-state index contributed by atoms with van der Waals surface area (Å²) in [6.07, 6.45) is 2.65. The molecule has 3 aliphatic heterocycles. The van der Waals surface area contributed by atoms with Crippen molar-refractivity contribution in [3.05, 3.63) is 53.4 Å². The SMILES string of the molecule is CC(C)Oc1cc(C(=O)N2CC3CN(C(=O)C4CCC5=C(C4)N[NH2+]N5)CC3C2)cc2ccccc12. The van der Waals surface area contributed by atoms with Gasteiger partial charge in [0.15, 0.2) is 0 Å². The van der Waals surface area contributed by atoms with E-state index in [9.17, 15) is 9.59 Å². The summed E-state index contributed by atoms with van der Waals surface area (Å²) in [6, 6.07) is 11.9. The summed E-state index contributed by atoms with van der Waals surface area (Å²) in [5, 5.41) is 2.04. The first kappa shape index (κ1) is 22.2. The van der Waals surface area contributed by atoms with E-state index < -0.39 is 0 Å². The maximum Gasteiger partial charge on any atom is 0.254 e. The van der Waals surface area contributed by atoms with E-state index in [1.807, 2.05) is 60.7 Å². The van der Waals surface area contributed by atoms with Gasteiger partial charge >= 0.3 is 0 Å². The van der Waals surface area contributed by atoms with E-state index in [2.05, 4.69) is 15.8 Å². The highest BCUT2D eigenvalue weighted by atomic mass is 16.5. The first-order valence-corrected chi connectivity index (χ1v) is 12.8. The van der Waals surface area contributed by atoms with Crippen LogP contribution in [0.15, 0.2) is 47.8 Å². The minimum atomic E-state index is 0.0318. The average Bonchev–Trinajstić information content (AvgIpc) is 3.57. The summed E-state index contributed by atoms with van der Waals surface area (Å²) in [4.78, 5) is 30.8. The van der Waals surface area contributed by atoms with Gasteiger partial charge in [0.1, 0.15) is 5.75 Å².